The Labute approximate surface area is 138 Å². The van der Waals surface area contributed by atoms with Crippen molar-refractivity contribution in [3.05, 3.63) is 18.0 Å². The number of hydrogen-bond donors (Lipinski definition) is 0. The number of fused-ring (bicyclic) bond motifs is 1. The molecule has 1 aromatic heterocycles. The van der Waals surface area contributed by atoms with Crippen LogP contribution in [0.3, 0.4) is 0 Å². The van der Waals surface area contributed by atoms with Crippen molar-refractivity contribution in [2.24, 2.45) is 17.8 Å². The van der Waals surface area contributed by atoms with Crippen molar-refractivity contribution < 1.29 is 4.79 Å². The van der Waals surface area contributed by atoms with E-state index in [1.54, 1.807) is 0 Å². The van der Waals surface area contributed by atoms with Crippen LogP contribution in [0, 0.1) is 24.7 Å². The second-order valence-electron chi connectivity index (χ2n) is 7.52. The summed E-state index contributed by atoms with van der Waals surface area (Å²) in [4.78, 5) is 26.0. The highest BCUT2D eigenvalue weighted by Gasteiger charge is 2.40. The van der Waals surface area contributed by atoms with Crippen LogP contribution in [0.4, 0.5) is 5.95 Å². The van der Waals surface area contributed by atoms with E-state index in [4.69, 9.17) is 0 Å². The smallest absolute Gasteiger partial charge is 0.225 e. The monoisotopic (exact) mass is 314 g/mol. The lowest BCUT2D eigenvalue weighted by Crippen LogP contribution is -2.42. The normalized spacial score (nSPS) is 28.2. The van der Waals surface area contributed by atoms with Gasteiger partial charge in [-0.3, -0.25) is 4.79 Å². The first kappa shape index (κ1) is 14.9. The molecule has 3 aliphatic rings. The highest BCUT2D eigenvalue weighted by atomic mass is 16.2. The highest BCUT2D eigenvalue weighted by Crippen LogP contribution is 2.38. The van der Waals surface area contributed by atoms with Gasteiger partial charge in [-0.15, -0.1) is 0 Å². The summed E-state index contributed by atoms with van der Waals surface area (Å²) >= 11 is 0. The summed E-state index contributed by atoms with van der Waals surface area (Å²) in [6.45, 7) is 5.82. The number of aryl methyl sites for hydroxylation is 1. The minimum absolute atomic E-state index is 0.204. The minimum atomic E-state index is 0.204. The Morgan fingerprint density at radius 3 is 2.26 bits per heavy atom. The number of anilines is 1. The second-order valence-corrected chi connectivity index (χ2v) is 7.52. The van der Waals surface area contributed by atoms with Crippen molar-refractivity contribution in [3.63, 3.8) is 0 Å². The number of likely N-dealkylation sites (tertiary alicyclic amines) is 1. The van der Waals surface area contributed by atoms with Gasteiger partial charge in [-0.25, -0.2) is 9.97 Å². The van der Waals surface area contributed by atoms with Crippen LogP contribution in [-0.2, 0) is 4.79 Å². The van der Waals surface area contributed by atoms with Gasteiger partial charge in [0.25, 0.3) is 0 Å². The molecule has 1 aromatic rings. The number of hydrogen-bond acceptors (Lipinski definition) is 4. The Morgan fingerprint density at radius 1 is 1.04 bits per heavy atom. The van der Waals surface area contributed by atoms with Crippen molar-refractivity contribution in [3.8, 4) is 0 Å². The molecule has 2 atom stereocenters. The van der Waals surface area contributed by atoms with E-state index in [1.807, 2.05) is 19.3 Å². The SMILES string of the molecule is Cc1cnc(N2CCC(C(=O)N3CC4CCCC4C3)CC2)nc1. The van der Waals surface area contributed by atoms with Crippen molar-refractivity contribution in [2.45, 2.75) is 39.0 Å². The third kappa shape index (κ3) is 2.93. The van der Waals surface area contributed by atoms with Gasteiger partial charge in [0.15, 0.2) is 0 Å². The van der Waals surface area contributed by atoms with Crippen LogP contribution >= 0.6 is 0 Å². The maximum absolute atomic E-state index is 12.8. The quantitative estimate of drug-likeness (QED) is 0.840. The van der Waals surface area contributed by atoms with E-state index in [2.05, 4.69) is 19.8 Å². The molecule has 0 spiro atoms. The van der Waals surface area contributed by atoms with Gasteiger partial charge < -0.3 is 9.80 Å². The summed E-state index contributed by atoms with van der Waals surface area (Å²) in [6.07, 6.45) is 9.62. The molecule has 1 saturated carbocycles. The Bertz CT molecular complexity index is 553. The van der Waals surface area contributed by atoms with Crippen molar-refractivity contribution in [1.82, 2.24) is 14.9 Å². The van der Waals surface area contributed by atoms with E-state index in [-0.39, 0.29) is 5.92 Å². The largest absolute Gasteiger partial charge is 0.342 e. The molecular weight excluding hydrogens is 288 g/mol. The average Bonchev–Trinajstić information content (AvgIpc) is 3.17. The molecule has 2 unspecified atom stereocenters. The first-order valence-electron chi connectivity index (χ1n) is 9.03. The maximum Gasteiger partial charge on any atom is 0.225 e. The topological polar surface area (TPSA) is 49.3 Å². The Hall–Kier alpha value is -1.65. The van der Waals surface area contributed by atoms with Gasteiger partial charge in [0.2, 0.25) is 11.9 Å². The zero-order valence-corrected chi connectivity index (χ0v) is 13.9. The van der Waals surface area contributed by atoms with E-state index < -0.39 is 0 Å². The Balaban J connectivity index is 1.32. The van der Waals surface area contributed by atoms with Gasteiger partial charge in [-0.1, -0.05) is 6.42 Å². The van der Waals surface area contributed by atoms with Gasteiger partial charge >= 0.3 is 0 Å². The van der Waals surface area contributed by atoms with Crippen molar-refractivity contribution in [1.29, 1.82) is 0 Å². The summed E-state index contributed by atoms with van der Waals surface area (Å²) in [6, 6.07) is 0. The van der Waals surface area contributed by atoms with Crippen LogP contribution in [0.5, 0.6) is 0 Å². The first-order valence-corrected chi connectivity index (χ1v) is 9.03. The predicted octanol–water partition coefficient (Wildman–Crippen LogP) is 2.26. The molecule has 1 aliphatic carbocycles. The molecular formula is C18H26N4O. The van der Waals surface area contributed by atoms with Crippen LogP contribution in [0.2, 0.25) is 0 Å². The number of aromatic nitrogens is 2. The van der Waals surface area contributed by atoms with Gasteiger partial charge in [0.1, 0.15) is 0 Å². The molecule has 124 valence electrons. The third-order valence-electron chi connectivity index (χ3n) is 5.93. The van der Waals surface area contributed by atoms with Gasteiger partial charge in [-0.2, -0.15) is 0 Å². The van der Waals surface area contributed by atoms with Crippen LogP contribution < -0.4 is 4.90 Å². The molecule has 5 heteroatoms. The number of nitrogens with zero attached hydrogens (tertiary/aromatic N) is 4. The van der Waals surface area contributed by atoms with Gasteiger partial charge in [-0.05, 0) is 50.0 Å². The Kier molecular flexibility index (Phi) is 3.95. The lowest BCUT2D eigenvalue weighted by Gasteiger charge is -2.33. The second kappa shape index (κ2) is 6.10. The standard InChI is InChI=1S/C18H26N4O/c1-13-9-19-18(20-10-13)21-7-5-14(6-8-21)17(23)22-11-15-3-2-4-16(15)12-22/h9-10,14-16H,2-8,11-12H2,1H3. The molecule has 0 N–H and O–H groups in total. The maximum atomic E-state index is 12.8. The van der Waals surface area contributed by atoms with Crippen LogP contribution in [-0.4, -0.2) is 47.0 Å². The van der Waals surface area contributed by atoms with Crippen LogP contribution in [0.25, 0.3) is 0 Å². The fourth-order valence-electron chi connectivity index (χ4n) is 4.55. The van der Waals surface area contributed by atoms with E-state index in [0.717, 1.165) is 62.4 Å². The predicted molar refractivity (Wildman–Crippen MR) is 89.1 cm³/mol. The summed E-state index contributed by atoms with van der Waals surface area (Å²) < 4.78 is 0. The number of carbonyl (C=O) groups excluding carboxylic acids is 1. The van der Waals surface area contributed by atoms with Crippen LogP contribution in [0.15, 0.2) is 12.4 Å². The molecule has 2 saturated heterocycles. The third-order valence-corrected chi connectivity index (χ3v) is 5.93. The Morgan fingerprint density at radius 2 is 1.65 bits per heavy atom. The van der Waals surface area contributed by atoms with E-state index >= 15 is 0 Å². The summed E-state index contributed by atoms with van der Waals surface area (Å²) in [5.41, 5.74) is 1.08. The molecule has 4 rings (SSSR count). The van der Waals surface area contributed by atoms with E-state index in [1.165, 1.54) is 19.3 Å². The lowest BCUT2D eigenvalue weighted by molar-refractivity contribution is -0.135. The molecule has 0 bridgehead atoms. The summed E-state index contributed by atoms with van der Waals surface area (Å²) in [5.74, 6) is 3.00. The molecule has 2 aliphatic heterocycles. The molecule has 1 amide bonds. The first-order chi connectivity index (χ1) is 11.2. The van der Waals surface area contributed by atoms with E-state index in [0.29, 0.717) is 5.91 Å². The molecule has 23 heavy (non-hydrogen) atoms. The molecule has 0 radical (unpaired) electrons. The highest BCUT2D eigenvalue weighted by molar-refractivity contribution is 5.79. The molecule has 3 heterocycles. The fraction of sp³-hybridized carbons (Fsp3) is 0.722. The van der Waals surface area contributed by atoms with Crippen molar-refractivity contribution >= 4 is 11.9 Å². The zero-order chi connectivity index (χ0) is 15.8. The molecule has 0 aromatic carbocycles. The van der Waals surface area contributed by atoms with Crippen molar-refractivity contribution in [2.75, 3.05) is 31.1 Å². The molecule has 3 fully saturated rings. The number of piperidine rings is 1. The van der Waals surface area contributed by atoms with Crippen LogP contribution in [0.1, 0.15) is 37.7 Å². The van der Waals surface area contributed by atoms with E-state index in [9.17, 15) is 4.79 Å². The summed E-state index contributed by atoms with van der Waals surface area (Å²) in [5, 5.41) is 0. The molecule has 5 nitrogen and oxygen atoms in total. The number of rotatable bonds is 2. The van der Waals surface area contributed by atoms with Gasteiger partial charge in [0.05, 0.1) is 0 Å². The lowest BCUT2D eigenvalue weighted by atomic mass is 9.95. The van der Waals surface area contributed by atoms with Gasteiger partial charge in [0, 0.05) is 44.5 Å². The zero-order valence-electron chi connectivity index (χ0n) is 13.9. The number of carbonyl (C=O) groups is 1. The summed E-state index contributed by atoms with van der Waals surface area (Å²) in [7, 11) is 0. The average molecular weight is 314 g/mol. The minimum Gasteiger partial charge on any atom is -0.342 e. The number of amides is 1. The fourth-order valence-corrected chi connectivity index (χ4v) is 4.55.